The minimum Gasteiger partial charge on any atom is -0.370 e. The topological polar surface area (TPSA) is 71.3 Å². The molecular weight excluding hydrogens is 280 g/mol. The van der Waals surface area contributed by atoms with Gasteiger partial charge in [-0.05, 0) is 25.8 Å². The van der Waals surface area contributed by atoms with Gasteiger partial charge in [-0.3, -0.25) is 9.78 Å². The fourth-order valence-corrected chi connectivity index (χ4v) is 2.67. The highest BCUT2D eigenvalue weighted by molar-refractivity contribution is 6.04. The SMILES string of the molecule is Cc1cc(NC(=O)c2cncc(N3CCCCCC3)c2)no1. The van der Waals surface area contributed by atoms with Crippen molar-refractivity contribution in [3.8, 4) is 0 Å². The van der Waals surface area contributed by atoms with E-state index in [1.807, 2.05) is 12.3 Å². The van der Waals surface area contributed by atoms with Gasteiger partial charge in [0.1, 0.15) is 5.76 Å². The second-order valence-electron chi connectivity index (χ2n) is 5.61. The van der Waals surface area contributed by atoms with Crippen molar-refractivity contribution in [2.24, 2.45) is 0 Å². The van der Waals surface area contributed by atoms with Gasteiger partial charge < -0.3 is 14.7 Å². The van der Waals surface area contributed by atoms with Crippen LogP contribution >= 0.6 is 0 Å². The van der Waals surface area contributed by atoms with E-state index in [0.29, 0.717) is 17.1 Å². The molecule has 2 aromatic rings. The first-order chi connectivity index (χ1) is 10.7. The number of rotatable bonds is 3. The van der Waals surface area contributed by atoms with Crippen LogP contribution in [0, 0.1) is 6.92 Å². The van der Waals surface area contributed by atoms with Gasteiger partial charge in [-0.25, -0.2) is 0 Å². The first-order valence-corrected chi connectivity index (χ1v) is 7.67. The minimum atomic E-state index is -0.225. The lowest BCUT2D eigenvalue weighted by Crippen LogP contribution is -2.24. The number of hydrogen-bond donors (Lipinski definition) is 1. The molecule has 1 amide bonds. The van der Waals surface area contributed by atoms with Gasteiger partial charge in [0.2, 0.25) is 0 Å². The average Bonchev–Trinajstić information content (AvgIpc) is 2.78. The van der Waals surface area contributed by atoms with Crippen LogP contribution in [0.5, 0.6) is 0 Å². The van der Waals surface area contributed by atoms with E-state index < -0.39 is 0 Å². The molecule has 0 aliphatic carbocycles. The highest BCUT2D eigenvalue weighted by Gasteiger charge is 2.14. The molecule has 0 saturated carbocycles. The third kappa shape index (κ3) is 3.44. The van der Waals surface area contributed by atoms with Crippen molar-refractivity contribution in [2.75, 3.05) is 23.3 Å². The maximum atomic E-state index is 12.3. The van der Waals surface area contributed by atoms with Gasteiger partial charge >= 0.3 is 0 Å². The fraction of sp³-hybridized carbons (Fsp3) is 0.438. The molecule has 1 aliphatic rings. The Labute approximate surface area is 129 Å². The van der Waals surface area contributed by atoms with E-state index >= 15 is 0 Å². The number of pyridine rings is 1. The predicted octanol–water partition coefficient (Wildman–Crippen LogP) is 3.01. The lowest BCUT2D eigenvalue weighted by molar-refractivity contribution is 0.102. The Morgan fingerprint density at radius 3 is 2.64 bits per heavy atom. The third-order valence-corrected chi connectivity index (χ3v) is 3.83. The molecule has 0 bridgehead atoms. The van der Waals surface area contributed by atoms with E-state index in [1.165, 1.54) is 25.7 Å². The van der Waals surface area contributed by atoms with Gasteiger partial charge in [-0.2, -0.15) is 0 Å². The molecule has 3 heterocycles. The maximum absolute atomic E-state index is 12.3. The van der Waals surface area contributed by atoms with E-state index in [2.05, 4.69) is 20.4 Å². The van der Waals surface area contributed by atoms with E-state index in [-0.39, 0.29) is 5.91 Å². The smallest absolute Gasteiger partial charge is 0.258 e. The van der Waals surface area contributed by atoms with Crippen LogP contribution in [0.1, 0.15) is 41.8 Å². The summed E-state index contributed by atoms with van der Waals surface area (Å²) in [6.07, 6.45) is 8.32. The first kappa shape index (κ1) is 14.6. The fourth-order valence-electron chi connectivity index (χ4n) is 2.67. The Hall–Kier alpha value is -2.37. The molecule has 0 radical (unpaired) electrons. The largest absolute Gasteiger partial charge is 0.370 e. The number of nitrogens with one attached hydrogen (secondary N) is 1. The summed E-state index contributed by atoms with van der Waals surface area (Å²) in [6.45, 7) is 3.83. The van der Waals surface area contributed by atoms with Gasteiger partial charge in [0, 0.05) is 25.4 Å². The van der Waals surface area contributed by atoms with Gasteiger partial charge in [-0.1, -0.05) is 18.0 Å². The lowest BCUT2D eigenvalue weighted by atomic mass is 10.2. The second kappa shape index (κ2) is 6.60. The van der Waals surface area contributed by atoms with Gasteiger partial charge in [0.15, 0.2) is 5.82 Å². The maximum Gasteiger partial charge on any atom is 0.258 e. The zero-order valence-corrected chi connectivity index (χ0v) is 12.7. The molecule has 1 N–H and O–H groups in total. The summed E-state index contributed by atoms with van der Waals surface area (Å²) in [5, 5.41) is 6.49. The molecule has 0 aromatic carbocycles. The van der Waals surface area contributed by atoms with Crippen molar-refractivity contribution in [3.05, 3.63) is 35.9 Å². The Bertz CT molecular complexity index is 645. The summed E-state index contributed by atoms with van der Waals surface area (Å²) in [4.78, 5) is 18.8. The number of aryl methyl sites for hydroxylation is 1. The third-order valence-electron chi connectivity index (χ3n) is 3.83. The molecule has 1 saturated heterocycles. The normalized spacial score (nSPS) is 15.4. The Morgan fingerprint density at radius 1 is 1.18 bits per heavy atom. The lowest BCUT2D eigenvalue weighted by Gasteiger charge is -2.22. The van der Waals surface area contributed by atoms with Crippen molar-refractivity contribution in [1.82, 2.24) is 10.1 Å². The van der Waals surface area contributed by atoms with E-state index in [4.69, 9.17) is 4.52 Å². The molecule has 6 nitrogen and oxygen atoms in total. The zero-order chi connectivity index (χ0) is 15.4. The molecule has 6 heteroatoms. The van der Waals surface area contributed by atoms with Crippen LogP contribution in [0.3, 0.4) is 0 Å². The Morgan fingerprint density at radius 2 is 1.95 bits per heavy atom. The van der Waals surface area contributed by atoms with Gasteiger partial charge in [-0.15, -0.1) is 0 Å². The Balaban J connectivity index is 1.73. The molecule has 1 fully saturated rings. The van der Waals surface area contributed by atoms with Crippen LogP contribution in [0.15, 0.2) is 29.0 Å². The van der Waals surface area contributed by atoms with Crippen molar-refractivity contribution in [3.63, 3.8) is 0 Å². The summed E-state index contributed by atoms with van der Waals surface area (Å²) >= 11 is 0. The van der Waals surface area contributed by atoms with E-state index in [9.17, 15) is 4.79 Å². The average molecular weight is 300 g/mol. The Kier molecular flexibility index (Phi) is 4.37. The molecular formula is C16H20N4O2. The van der Waals surface area contributed by atoms with Crippen LogP contribution in [0.25, 0.3) is 0 Å². The number of nitrogens with zero attached hydrogens (tertiary/aromatic N) is 3. The molecule has 3 rings (SSSR count). The summed E-state index contributed by atoms with van der Waals surface area (Å²) in [5.74, 6) is 0.854. The number of aromatic nitrogens is 2. The van der Waals surface area contributed by atoms with Crippen molar-refractivity contribution >= 4 is 17.4 Å². The molecule has 0 atom stereocenters. The summed E-state index contributed by atoms with van der Waals surface area (Å²) in [7, 11) is 0. The number of amides is 1. The molecule has 0 unspecified atom stereocenters. The molecule has 1 aliphatic heterocycles. The van der Waals surface area contributed by atoms with Crippen molar-refractivity contribution < 1.29 is 9.32 Å². The van der Waals surface area contributed by atoms with Gasteiger partial charge in [0.05, 0.1) is 17.4 Å². The summed E-state index contributed by atoms with van der Waals surface area (Å²) < 4.78 is 4.95. The van der Waals surface area contributed by atoms with E-state index in [1.54, 1.807) is 19.2 Å². The van der Waals surface area contributed by atoms with Crippen molar-refractivity contribution in [2.45, 2.75) is 32.6 Å². The van der Waals surface area contributed by atoms with Gasteiger partial charge in [0.25, 0.3) is 5.91 Å². The zero-order valence-electron chi connectivity index (χ0n) is 12.7. The number of hydrogen-bond acceptors (Lipinski definition) is 5. The van der Waals surface area contributed by atoms with Crippen LogP contribution in [-0.4, -0.2) is 29.1 Å². The summed E-state index contributed by atoms with van der Waals surface area (Å²) in [6, 6.07) is 3.57. The molecule has 116 valence electrons. The minimum absolute atomic E-state index is 0.225. The molecule has 0 spiro atoms. The highest BCUT2D eigenvalue weighted by atomic mass is 16.5. The second-order valence-corrected chi connectivity index (χ2v) is 5.61. The van der Waals surface area contributed by atoms with Crippen molar-refractivity contribution in [1.29, 1.82) is 0 Å². The van der Waals surface area contributed by atoms with Crippen LogP contribution < -0.4 is 10.2 Å². The number of carbonyl (C=O) groups is 1. The number of anilines is 2. The van der Waals surface area contributed by atoms with Crippen LogP contribution in [0.4, 0.5) is 11.5 Å². The predicted molar refractivity (Wildman–Crippen MR) is 84.1 cm³/mol. The van der Waals surface area contributed by atoms with Crippen LogP contribution in [0.2, 0.25) is 0 Å². The number of carbonyl (C=O) groups excluding carboxylic acids is 1. The first-order valence-electron chi connectivity index (χ1n) is 7.67. The quantitative estimate of drug-likeness (QED) is 0.943. The van der Waals surface area contributed by atoms with Crippen LogP contribution in [-0.2, 0) is 0 Å². The standard InChI is InChI=1S/C16H20N4O2/c1-12-8-15(19-22-12)18-16(21)13-9-14(11-17-10-13)20-6-4-2-3-5-7-20/h8-11H,2-7H2,1H3,(H,18,19,21). The highest BCUT2D eigenvalue weighted by Crippen LogP contribution is 2.20. The molecule has 2 aromatic heterocycles. The van der Waals surface area contributed by atoms with E-state index in [0.717, 1.165) is 18.8 Å². The summed E-state index contributed by atoms with van der Waals surface area (Å²) in [5.41, 5.74) is 1.54. The molecule has 22 heavy (non-hydrogen) atoms. The monoisotopic (exact) mass is 300 g/mol.